The molecule has 2 aliphatic rings. The second-order valence-corrected chi connectivity index (χ2v) is 10.4. The Kier molecular flexibility index (Phi) is 5.44. The third-order valence-electron chi connectivity index (χ3n) is 6.64. The Hall–Kier alpha value is -2.63. The summed E-state index contributed by atoms with van der Waals surface area (Å²) in [5, 5.41) is 7.98. The van der Waals surface area contributed by atoms with Crippen LogP contribution in [-0.4, -0.2) is 33.2 Å². The van der Waals surface area contributed by atoms with E-state index in [4.69, 9.17) is 5.10 Å². The maximum Gasteiger partial charge on any atom is 0.277 e. The average Bonchev–Trinajstić information content (AvgIpc) is 3.15. The summed E-state index contributed by atoms with van der Waals surface area (Å²) in [4.78, 5) is 29.1. The number of aryl methyl sites for hydroxylation is 1. The van der Waals surface area contributed by atoms with Crippen molar-refractivity contribution in [2.75, 3.05) is 4.90 Å². The largest absolute Gasteiger partial charge is 0.351 e. The topological polar surface area (TPSA) is 67.2 Å². The summed E-state index contributed by atoms with van der Waals surface area (Å²) in [6, 6.07) is 9.87. The zero-order chi connectivity index (χ0) is 22.4. The van der Waals surface area contributed by atoms with E-state index in [-0.39, 0.29) is 23.3 Å². The van der Waals surface area contributed by atoms with Crippen LogP contribution in [0.1, 0.15) is 81.5 Å². The van der Waals surface area contributed by atoms with Crippen LogP contribution in [0.3, 0.4) is 0 Å². The van der Waals surface area contributed by atoms with Crippen molar-refractivity contribution >= 4 is 17.5 Å². The van der Waals surface area contributed by atoms with Gasteiger partial charge in [0.1, 0.15) is 11.2 Å². The van der Waals surface area contributed by atoms with Crippen molar-refractivity contribution in [3.05, 3.63) is 47.3 Å². The molecule has 1 aromatic carbocycles. The highest BCUT2D eigenvalue weighted by atomic mass is 16.2. The van der Waals surface area contributed by atoms with Gasteiger partial charge in [-0.3, -0.25) is 19.2 Å². The molecule has 1 aromatic heterocycles. The third-order valence-corrected chi connectivity index (χ3v) is 6.64. The van der Waals surface area contributed by atoms with Gasteiger partial charge in [-0.2, -0.15) is 5.10 Å². The van der Waals surface area contributed by atoms with Gasteiger partial charge in [0.05, 0.1) is 12.2 Å². The number of hydrogen-bond donors (Lipinski definition) is 1. The van der Waals surface area contributed by atoms with E-state index in [9.17, 15) is 9.59 Å². The number of anilines is 1. The molecule has 6 heteroatoms. The van der Waals surface area contributed by atoms with Crippen molar-refractivity contribution in [1.29, 1.82) is 0 Å². The van der Waals surface area contributed by atoms with Gasteiger partial charge in [0.2, 0.25) is 5.91 Å². The molecule has 1 fully saturated rings. The number of aromatic nitrogens is 2. The maximum atomic E-state index is 13.7. The van der Waals surface area contributed by atoms with E-state index in [1.54, 1.807) is 9.58 Å². The highest BCUT2D eigenvalue weighted by Gasteiger charge is 2.49. The van der Waals surface area contributed by atoms with Crippen molar-refractivity contribution in [1.82, 2.24) is 15.1 Å². The fourth-order valence-electron chi connectivity index (χ4n) is 4.63. The first-order valence-corrected chi connectivity index (χ1v) is 11.4. The van der Waals surface area contributed by atoms with E-state index in [1.165, 1.54) is 6.42 Å². The zero-order valence-corrected chi connectivity index (χ0v) is 19.4. The number of rotatable bonds is 3. The summed E-state index contributed by atoms with van der Waals surface area (Å²) in [5.41, 5.74) is 2.01. The Morgan fingerprint density at radius 3 is 2.39 bits per heavy atom. The lowest BCUT2D eigenvalue weighted by Crippen LogP contribution is -2.65. The summed E-state index contributed by atoms with van der Waals surface area (Å²) in [5.74, 6) is -0.286. The van der Waals surface area contributed by atoms with Crippen LogP contribution in [0.2, 0.25) is 0 Å². The highest BCUT2D eigenvalue weighted by molar-refractivity contribution is 6.11. The van der Waals surface area contributed by atoms with Gasteiger partial charge in [-0.1, -0.05) is 57.7 Å². The molecule has 1 aliphatic carbocycles. The second-order valence-electron chi connectivity index (χ2n) is 10.4. The lowest BCUT2D eigenvalue weighted by atomic mass is 9.90. The van der Waals surface area contributed by atoms with Crippen LogP contribution < -0.4 is 10.2 Å². The fourth-order valence-corrected chi connectivity index (χ4v) is 4.63. The molecule has 1 atom stereocenters. The molecule has 1 saturated carbocycles. The first-order chi connectivity index (χ1) is 14.6. The number of carbonyl (C=O) groups is 2. The van der Waals surface area contributed by atoms with Gasteiger partial charge in [0, 0.05) is 17.1 Å². The Morgan fingerprint density at radius 1 is 1.13 bits per heavy atom. The Balaban J connectivity index is 1.76. The van der Waals surface area contributed by atoms with Crippen molar-refractivity contribution in [2.24, 2.45) is 0 Å². The summed E-state index contributed by atoms with van der Waals surface area (Å²) < 4.78 is 1.73. The van der Waals surface area contributed by atoms with Crippen LogP contribution in [0.5, 0.6) is 0 Å². The number of benzene rings is 1. The predicted molar refractivity (Wildman–Crippen MR) is 122 cm³/mol. The Labute approximate surface area is 185 Å². The van der Waals surface area contributed by atoms with Gasteiger partial charge in [-0.05, 0) is 44.9 Å². The number of nitrogens with one attached hydrogen (secondary N) is 1. The molecule has 6 nitrogen and oxygen atoms in total. The molecule has 0 saturated heterocycles. The molecule has 0 spiro atoms. The number of amides is 2. The van der Waals surface area contributed by atoms with Gasteiger partial charge in [0.15, 0.2) is 0 Å². The van der Waals surface area contributed by atoms with Gasteiger partial charge in [-0.25, -0.2) is 0 Å². The molecule has 4 rings (SSSR count). The summed E-state index contributed by atoms with van der Waals surface area (Å²) in [6.45, 7) is 10.5. The fraction of sp³-hybridized carbons (Fsp3) is 0.560. The SMILES string of the molecule is Cc1ccc(N2C(=O)c3cc(C(C)(C)C)nn3CC2(C)C(=O)NC2CCCCC2)cc1. The minimum atomic E-state index is -1.06. The molecule has 1 N–H and O–H groups in total. The molecular weight excluding hydrogens is 388 g/mol. The van der Waals surface area contributed by atoms with Crippen molar-refractivity contribution in [3.8, 4) is 0 Å². The molecule has 0 radical (unpaired) electrons. The van der Waals surface area contributed by atoms with Crippen LogP contribution in [-0.2, 0) is 16.8 Å². The lowest BCUT2D eigenvalue weighted by Gasteiger charge is -2.44. The van der Waals surface area contributed by atoms with E-state index in [1.807, 2.05) is 44.2 Å². The highest BCUT2D eigenvalue weighted by Crippen LogP contribution is 2.35. The van der Waals surface area contributed by atoms with E-state index in [0.717, 1.165) is 42.6 Å². The molecule has 2 aromatic rings. The number of nitrogens with zero attached hydrogens (tertiary/aromatic N) is 3. The maximum absolute atomic E-state index is 13.7. The van der Waals surface area contributed by atoms with Crippen LogP contribution in [0.25, 0.3) is 0 Å². The monoisotopic (exact) mass is 422 g/mol. The van der Waals surface area contributed by atoms with E-state index < -0.39 is 5.54 Å². The predicted octanol–water partition coefficient (Wildman–Crippen LogP) is 4.36. The number of carbonyl (C=O) groups excluding carboxylic acids is 2. The summed E-state index contributed by atoms with van der Waals surface area (Å²) in [7, 11) is 0. The van der Waals surface area contributed by atoms with E-state index >= 15 is 0 Å². The minimum absolute atomic E-state index is 0.105. The first-order valence-electron chi connectivity index (χ1n) is 11.4. The molecule has 31 heavy (non-hydrogen) atoms. The van der Waals surface area contributed by atoms with Gasteiger partial charge in [-0.15, -0.1) is 0 Å². The first kappa shape index (κ1) is 21.6. The molecule has 2 amide bonds. The quantitative estimate of drug-likeness (QED) is 0.799. The van der Waals surface area contributed by atoms with Gasteiger partial charge < -0.3 is 5.32 Å². The minimum Gasteiger partial charge on any atom is -0.351 e. The van der Waals surface area contributed by atoms with Gasteiger partial charge in [0.25, 0.3) is 5.91 Å². The summed E-state index contributed by atoms with van der Waals surface area (Å²) in [6.07, 6.45) is 5.51. The van der Waals surface area contributed by atoms with Crippen LogP contribution in [0, 0.1) is 6.92 Å². The molecule has 2 heterocycles. The molecular formula is C25H34N4O2. The van der Waals surface area contributed by atoms with Crippen molar-refractivity contribution in [2.45, 2.75) is 90.3 Å². The smallest absolute Gasteiger partial charge is 0.277 e. The molecule has 1 unspecified atom stereocenters. The van der Waals surface area contributed by atoms with Crippen LogP contribution >= 0.6 is 0 Å². The van der Waals surface area contributed by atoms with Gasteiger partial charge >= 0.3 is 0 Å². The Morgan fingerprint density at radius 2 is 1.77 bits per heavy atom. The summed E-state index contributed by atoms with van der Waals surface area (Å²) >= 11 is 0. The third kappa shape index (κ3) is 4.00. The van der Waals surface area contributed by atoms with Crippen LogP contribution in [0.15, 0.2) is 30.3 Å². The van der Waals surface area contributed by atoms with Crippen molar-refractivity contribution in [3.63, 3.8) is 0 Å². The lowest BCUT2D eigenvalue weighted by molar-refractivity contribution is -0.127. The normalized spacial score (nSPS) is 22.4. The average molecular weight is 423 g/mol. The molecule has 1 aliphatic heterocycles. The Bertz CT molecular complexity index is 980. The number of fused-ring (bicyclic) bond motifs is 1. The zero-order valence-electron chi connectivity index (χ0n) is 19.4. The van der Waals surface area contributed by atoms with E-state index in [0.29, 0.717) is 12.2 Å². The molecule has 166 valence electrons. The van der Waals surface area contributed by atoms with Crippen LogP contribution in [0.4, 0.5) is 5.69 Å². The number of hydrogen-bond acceptors (Lipinski definition) is 3. The second kappa shape index (κ2) is 7.81. The van der Waals surface area contributed by atoms with Crippen molar-refractivity contribution < 1.29 is 9.59 Å². The van der Waals surface area contributed by atoms with E-state index in [2.05, 4.69) is 26.1 Å². The molecule has 0 bridgehead atoms. The standard InChI is InChI=1S/C25H34N4O2/c1-17-11-13-19(14-12-17)29-22(30)20-15-21(24(2,3)4)27-28(20)16-25(29,5)23(31)26-18-9-7-6-8-10-18/h11-15,18H,6-10,16H2,1-5H3,(H,26,31).